The molecule has 0 aliphatic carbocycles. The van der Waals surface area contributed by atoms with E-state index in [0.29, 0.717) is 6.42 Å². The summed E-state index contributed by atoms with van der Waals surface area (Å²) in [7, 11) is 0. The number of aliphatic carboxylic acids is 2. The first-order valence-corrected chi connectivity index (χ1v) is 6.18. The second-order valence-corrected chi connectivity index (χ2v) is 4.54. The molecule has 0 aromatic heterocycles. The molecule has 0 aliphatic heterocycles. The SMILES string of the molecule is Cc1ccc(CCC(=O)NC(CC(=O)O)C(=O)O)cc1. The highest BCUT2D eigenvalue weighted by Crippen LogP contribution is 2.06. The van der Waals surface area contributed by atoms with Crippen LogP contribution in [0.4, 0.5) is 0 Å². The van der Waals surface area contributed by atoms with E-state index in [1.165, 1.54) is 0 Å². The Morgan fingerprint density at radius 3 is 2.25 bits per heavy atom. The lowest BCUT2D eigenvalue weighted by molar-refractivity contribution is -0.147. The number of carbonyl (C=O) groups excluding carboxylic acids is 1. The van der Waals surface area contributed by atoms with Gasteiger partial charge in [0.1, 0.15) is 6.04 Å². The van der Waals surface area contributed by atoms with Gasteiger partial charge in [-0.3, -0.25) is 9.59 Å². The van der Waals surface area contributed by atoms with Crippen LogP contribution in [0.2, 0.25) is 0 Å². The van der Waals surface area contributed by atoms with Crippen molar-refractivity contribution in [2.45, 2.75) is 32.2 Å². The first kappa shape index (κ1) is 15.7. The molecule has 1 aromatic rings. The highest BCUT2D eigenvalue weighted by molar-refractivity contribution is 5.86. The normalized spacial score (nSPS) is 11.7. The Morgan fingerprint density at radius 2 is 1.75 bits per heavy atom. The maximum absolute atomic E-state index is 11.6. The van der Waals surface area contributed by atoms with Gasteiger partial charge in [-0.2, -0.15) is 0 Å². The van der Waals surface area contributed by atoms with Gasteiger partial charge in [-0.05, 0) is 18.9 Å². The van der Waals surface area contributed by atoms with Crippen LogP contribution in [-0.2, 0) is 20.8 Å². The summed E-state index contributed by atoms with van der Waals surface area (Å²) < 4.78 is 0. The summed E-state index contributed by atoms with van der Waals surface area (Å²) in [5.74, 6) is -3.09. The van der Waals surface area contributed by atoms with Gasteiger partial charge in [0.15, 0.2) is 0 Å². The first-order valence-electron chi connectivity index (χ1n) is 6.18. The van der Waals surface area contributed by atoms with Gasteiger partial charge in [-0.25, -0.2) is 4.79 Å². The molecule has 1 amide bonds. The van der Waals surface area contributed by atoms with Crippen LogP contribution in [0.5, 0.6) is 0 Å². The molecule has 20 heavy (non-hydrogen) atoms. The Kier molecular flexibility index (Phi) is 5.71. The number of rotatable bonds is 7. The zero-order chi connectivity index (χ0) is 15.1. The van der Waals surface area contributed by atoms with Gasteiger partial charge in [0.25, 0.3) is 0 Å². The highest BCUT2D eigenvalue weighted by Gasteiger charge is 2.22. The lowest BCUT2D eigenvalue weighted by Gasteiger charge is -2.12. The number of carboxylic acid groups (broad SMARTS) is 2. The second kappa shape index (κ2) is 7.28. The number of carboxylic acids is 2. The molecule has 6 nitrogen and oxygen atoms in total. The lowest BCUT2D eigenvalue weighted by Crippen LogP contribution is -2.42. The second-order valence-electron chi connectivity index (χ2n) is 4.54. The third-order valence-electron chi connectivity index (χ3n) is 2.77. The molecule has 1 atom stereocenters. The topological polar surface area (TPSA) is 104 Å². The minimum absolute atomic E-state index is 0.118. The number of nitrogens with one attached hydrogen (secondary N) is 1. The predicted molar refractivity (Wildman–Crippen MR) is 71.3 cm³/mol. The van der Waals surface area contributed by atoms with Crippen LogP contribution < -0.4 is 5.32 Å². The van der Waals surface area contributed by atoms with Crippen LogP contribution in [0, 0.1) is 6.92 Å². The van der Waals surface area contributed by atoms with Gasteiger partial charge < -0.3 is 15.5 Å². The molecule has 0 bridgehead atoms. The van der Waals surface area contributed by atoms with Gasteiger partial charge >= 0.3 is 11.9 Å². The summed E-state index contributed by atoms with van der Waals surface area (Å²) >= 11 is 0. The minimum atomic E-state index is -1.39. The maximum Gasteiger partial charge on any atom is 0.326 e. The van der Waals surface area contributed by atoms with Gasteiger partial charge in [-0.1, -0.05) is 29.8 Å². The van der Waals surface area contributed by atoms with Crippen molar-refractivity contribution in [3.8, 4) is 0 Å². The van der Waals surface area contributed by atoms with Crippen LogP contribution >= 0.6 is 0 Å². The first-order chi connectivity index (χ1) is 9.38. The smallest absolute Gasteiger partial charge is 0.326 e. The third kappa shape index (κ3) is 5.51. The van der Waals surface area contributed by atoms with E-state index in [1.807, 2.05) is 31.2 Å². The van der Waals surface area contributed by atoms with Crippen molar-refractivity contribution in [3.05, 3.63) is 35.4 Å². The van der Waals surface area contributed by atoms with E-state index in [4.69, 9.17) is 10.2 Å². The molecule has 0 saturated heterocycles. The fourth-order valence-corrected chi connectivity index (χ4v) is 1.65. The van der Waals surface area contributed by atoms with E-state index in [9.17, 15) is 14.4 Å². The van der Waals surface area contributed by atoms with Crippen molar-refractivity contribution in [1.82, 2.24) is 5.32 Å². The van der Waals surface area contributed by atoms with Crippen molar-refractivity contribution in [1.29, 1.82) is 0 Å². The van der Waals surface area contributed by atoms with Gasteiger partial charge in [0, 0.05) is 6.42 Å². The molecule has 0 heterocycles. The Morgan fingerprint density at radius 1 is 1.15 bits per heavy atom. The summed E-state index contributed by atoms with van der Waals surface area (Å²) in [6.45, 7) is 1.96. The average Bonchev–Trinajstić information content (AvgIpc) is 2.36. The molecular formula is C14H17NO5. The van der Waals surface area contributed by atoms with Crippen LogP contribution in [-0.4, -0.2) is 34.1 Å². The number of benzene rings is 1. The number of amides is 1. The average molecular weight is 279 g/mol. The van der Waals surface area contributed by atoms with Crippen molar-refractivity contribution in [3.63, 3.8) is 0 Å². The van der Waals surface area contributed by atoms with Gasteiger partial charge in [0.2, 0.25) is 5.91 Å². The Labute approximate surface area is 116 Å². The number of hydrogen-bond donors (Lipinski definition) is 3. The van der Waals surface area contributed by atoms with Gasteiger partial charge in [-0.15, -0.1) is 0 Å². The number of aryl methyl sites for hydroxylation is 2. The van der Waals surface area contributed by atoms with E-state index >= 15 is 0 Å². The van der Waals surface area contributed by atoms with Crippen LogP contribution in [0.3, 0.4) is 0 Å². The monoisotopic (exact) mass is 279 g/mol. The van der Waals surface area contributed by atoms with E-state index in [1.54, 1.807) is 0 Å². The zero-order valence-corrected chi connectivity index (χ0v) is 11.1. The molecule has 0 radical (unpaired) electrons. The molecule has 6 heteroatoms. The molecule has 1 unspecified atom stereocenters. The standard InChI is InChI=1S/C14H17NO5/c1-9-2-4-10(5-3-9)6-7-12(16)15-11(14(19)20)8-13(17)18/h2-5,11H,6-8H2,1H3,(H,15,16)(H,17,18)(H,19,20). The van der Waals surface area contributed by atoms with E-state index in [0.717, 1.165) is 11.1 Å². The van der Waals surface area contributed by atoms with Crippen LogP contribution in [0.15, 0.2) is 24.3 Å². The van der Waals surface area contributed by atoms with Crippen LogP contribution in [0.25, 0.3) is 0 Å². The van der Waals surface area contributed by atoms with Gasteiger partial charge in [0.05, 0.1) is 6.42 Å². The minimum Gasteiger partial charge on any atom is -0.481 e. The molecule has 1 rings (SSSR count). The maximum atomic E-state index is 11.6. The summed E-state index contributed by atoms with van der Waals surface area (Å²) in [5.41, 5.74) is 2.08. The lowest BCUT2D eigenvalue weighted by atomic mass is 10.1. The zero-order valence-electron chi connectivity index (χ0n) is 11.1. The number of carbonyl (C=O) groups is 3. The summed E-state index contributed by atoms with van der Waals surface area (Å²) in [4.78, 5) is 32.9. The van der Waals surface area contributed by atoms with Crippen molar-refractivity contribution in [2.75, 3.05) is 0 Å². The third-order valence-corrected chi connectivity index (χ3v) is 2.77. The van der Waals surface area contributed by atoms with E-state index in [-0.39, 0.29) is 6.42 Å². The Hall–Kier alpha value is -2.37. The van der Waals surface area contributed by atoms with E-state index in [2.05, 4.69) is 5.32 Å². The quantitative estimate of drug-likeness (QED) is 0.690. The molecule has 0 saturated carbocycles. The fraction of sp³-hybridized carbons (Fsp3) is 0.357. The number of hydrogen-bond acceptors (Lipinski definition) is 3. The molecule has 3 N–H and O–H groups in total. The fourth-order valence-electron chi connectivity index (χ4n) is 1.65. The van der Waals surface area contributed by atoms with Crippen molar-refractivity contribution < 1.29 is 24.6 Å². The largest absolute Gasteiger partial charge is 0.481 e. The highest BCUT2D eigenvalue weighted by atomic mass is 16.4. The predicted octanol–water partition coefficient (Wildman–Crippen LogP) is 0.972. The van der Waals surface area contributed by atoms with Crippen molar-refractivity contribution in [2.24, 2.45) is 0 Å². The summed E-state index contributed by atoms with van der Waals surface area (Å²) in [6, 6.07) is 6.26. The molecule has 1 aromatic carbocycles. The summed E-state index contributed by atoms with van der Waals surface area (Å²) in [5, 5.41) is 19.6. The molecular weight excluding hydrogens is 262 g/mol. The summed E-state index contributed by atoms with van der Waals surface area (Å²) in [6.07, 6.45) is -0.0381. The molecule has 108 valence electrons. The van der Waals surface area contributed by atoms with E-state index < -0.39 is 30.3 Å². The van der Waals surface area contributed by atoms with Crippen LogP contribution in [0.1, 0.15) is 24.0 Å². The molecule has 0 fully saturated rings. The molecule has 0 aliphatic rings. The Bertz CT molecular complexity index is 495. The van der Waals surface area contributed by atoms with Crippen molar-refractivity contribution >= 4 is 17.8 Å². The molecule has 0 spiro atoms. The Balaban J connectivity index is 2.47.